The van der Waals surface area contributed by atoms with E-state index >= 15 is 0 Å². The van der Waals surface area contributed by atoms with Gasteiger partial charge in [-0.25, -0.2) is 4.79 Å². The van der Waals surface area contributed by atoms with Gasteiger partial charge in [-0.1, -0.05) is 6.92 Å². The summed E-state index contributed by atoms with van der Waals surface area (Å²) in [6, 6.07) is 0.185. The third-order valence-corrected chi connectivity index (χ3v) is 3.28. The molecule has 1 aliphatic heterocycles. The number of aliphatic carboxylic acids is 1. The van der Waals surface area contributed by atoms with Crippen LogP contribution in [0.25, 0.3) is 0 Å². The molecule has 1 rings (SSSR count). The topological polar surface area (TPSA) is 72.9 Å². The van der Waals surface area contributed by atoms with Crippen LogP contribution in [0.4, 0.5) is 4.79 Å². The van der Waals surface area contributed by atoms with Crippen molar-refractivity contribution >= 4 is 12.0 Å². The summed E-state index contributed by atoms with van der Waals surface area (Å²) in [5, 5.41) is 11.5. The number of carboxylic acid groups (broad SMARTS) is 1. The van der Waals surface area contributed by atoms with Crippen molar-refractivity contribution in [3.63, 3.8) is 0 Å². The fraction of sp³-hybridized carbons (Fsp3) is 0.833. The third-order valence-electron chi connectivity index (χ3n) is 3.28. The summed E-state index contributed by atoms with van der Waals surface area (Å²) in [6.07, 6.45) is 1.09. The van der Waals surface area contributed by atoms with E-state index in [0.717, 1.165) is 19.5 Å². The van der Waals surface area contributed by atoms with Gasteiger partial charge in [-0.2, -0.15) is 0 Å². The average molecular weight is 257 g/mol. The van der Waals surface area contributed by atoms with Crippen molar-refractivity contribution in [1.29, 1.82) is 0 Å². The van der Waals surface area contributed by atoms with Crippen molar-refractivity contribution < 1.29 is 14.7 Å². The minimum Gasteiger partial charge on any atom is -0.481 e. The lowest BCUT2D eigenvalue weighted by atomic mass is 10.2. The van der Waals surface area contributed by atoms with Crippen LogP contribution in [0.2, 0.25) is 0 Å². The van der Waals surface area contributed by atoms with Crippen molar-refractivity contribution in [3.05, 3.63) is 0 Å². The van der Waals surface area contributed by atoms with Crippen molar-refractivity contribution in [1.82, 2.24) is 15.1 Å². The second-order valence-electron chi connectivity index (χ2n) is 4.73. The maximum Gasteiger partial charge on any atom is 0.317 e. The lowest BCUT2D eigenvalue weighted by Crippen LogP contribution is -2.53. The maximum atomic E-state index is 11.8. The Hall–Kier alpha value is -1.30. The van der Waals surface area contributed by atoms with E-state index in [1.807, 2.05) is 13.8 Å². The zero-order chi connectivity index (χ0) is 13.5. The molecule has 0 bridgehead atoms. The summed E-state index contributed by atoms with van der Waals surface area (Å²) in [5.41, 5.74) is 0. The molecule has 0 radical (unpaired) electrons. The first kappa shape index (κ1) is 14.8. The van der Waals surface area contributed by atoms with Crippen molar-refractivity contribution in [2.75, 3.05) is 32.7 Å². The SMILES string of the molecule is CCC(C)NC(=O)N1CCN(CCC(=O)O)CC1. The molecular weight excluding hydrogens is 234 g/mol. The van der Waals surface area contributed by atoms with E-state index in [0.29, 0.717) is 19.6 Å². The number of piperazine rings is 1. The van der Waals surface area contributed by atoms with Gasteiger partial charge in [0, 0.05) is 38.8 Å². The molecule has 2 N–H and O–H groups in total. The van der Waals surface area contributed by atoms with Gasteiger partial charge in [0.1, 0.15) is 0 Å². The number of hydrogen-bond donors (Lipinski definition) is 2. The second kappa shape index (κ2) is 7.20. The highest BCUT2D eigenvalue weighted by molar-refractivity contribution is 5.74. The molecular formula is C12H23N3O3. The predicted octanol–water partition coefficient (Wildman–Crippen LogP) is 0.587. The molecule has 0 aliphatic carbocycles. The van der Waals surface area contributed by atoms with Gasteiger partial charge in [0.05, 0.1) is 6.42 Å². The molecule has 0 aromatic rings. The monoisotopic (exact) mass is 257 g/mol. The van der Waals surface area contributed by atoms with Crippen LogP contribution in [-0.4, -0.2) is 65.7 Å². The van der Waals surface area contributed by atoms with E-state index in [2.05, 4.69) is 10.2 Å². The first-order valence-electron chi connectivity index (χ1n) is 6.52. The summed E-state index contributed by atoms with van der Waals surface area (Å²) in [4.78, 5) is 26.2. The number of amides is 2. The van der Waals surface area contributed by atoms with Gasteiger partial charge < -0.3 is 15.3 Å². The fourth-order valence-corrected chi connectivity index (χ4v) is 1.83. The van der Waals surface area contributed by atoms with E-state index in [-0.39, 0.29) is 18.5 Å². The number of nitrogens with zero attached hydrogens (tertiary/aromatic N) is 2. The van der Waals surface area contributed by atoms with Crippen LogP contribution in [0.15, 0.2) is 0 Å². The Kier molecular flexibility index (Phi) is 5.91. The molecule has 6 nitrogen and oxygen atoms in total. The summed E-state index contributed by atoms with van der Waals surface area (Å²) in [5.74, 6) is -0.771. The second-order valence-corrected chi connectivity index (χ2v) is 4.73. The Balaban J connectivity index is 2.26. The Morgan fingerprint density at radius 1 is 1.28 bits per heavy atom. The number of hydrogen-bond acceptors (Lipinski definition) is 3. The predicted molar refractivity (Wildman–Crippen MR) is 68.6 cm³/mol. The van der Waals surface area contributed by atoms with Crippen LogP contribution in [0.5, 0.6) is 0 Å². The summed E-state index contributed by atoms with van der Waals surface area (Å²) >= 11 is 0. The average Bonchev–Trinajstić information content (AvgIpc) is 2.36. The lowest BCUT2D eigenvalue weighted by Gasteiger charge is -2.35. The van der Waals surface area contributed by atoms with E-state index in [9.17, 15) is 9.59 Å². The Labute approximate surface area is 108 Å². The van der Waals surface area contributed by atoms with Crippen molar-refractivity contribution in [2.45, 2.75) is 32.7 Å². The lowest BCUT2D eigenvalue weighted by molar-refractivity contribution is -0.137. The quantitative estimate of drug-likeness (QED) is 0.756. The van der Waals surface area contributed by atoms with E-state index in [1.165, 1.54) is 0 Å². The molecule has 1 fully saturated rings. The summed E-state index contributed by atoms with van der Waals surface area (Å²) < 4.78 is 0. The smallest absolute Gasteiger partial charge is 0.317 e. The van der Waals surface area contributed by atoms with Gasteiger partial charge in [-0.15, -0.1) is 0 Å². The molecule has 1 heterocycles. The third kappa shape index (κ3) is 4.91. The number of rotatable bonds is 5. The van der Waals surface area contributed by atoms with Gasteiger partial charge in [0.2, 0.25) is 0 Å². The Morgan fingerprint density at radius 2 is 1.89 bits per heavy atom. The Morgan fingerprint density at radius 3 is 2.39 bits per heavy atom. The molecule has 1 aliphatic rings. The Bertz CT molecular complexity index is 288. The van der Waals surface area contributed by atoms with Gasteiger partial charge in [0.25, 0.3) is 0 Å². The number of carbonyl (C=O) groups excluding carboxylic acids is 1. The first-order valence-corrected chi connectivity index (χ1v) is 6.52. The van der Waals surface area contributed by atoms with Gasteiger partial charge >= 0.3 is 12.0 Å². The molecule has 0 spiro atoms. The summed E-state index contributed by atoms with van der Waals surface area (Å²) in [6.45, 7) is 7.43. The molecule has 18 heavy (non-hydrogen) atoms. The van der Waals surface area contributed by atoms with Crippen LogP contribution < -0.4 is 5.32 Å². The van der Waals surface area contributed by atoms with Crippen molar-refractivity contribution in [3.8, 4) is 0 Å². The van der Waals surface area contributed by atoms with Gasteiger partial charge in [-0.05, 0) is 13.3 Å². The van der Waals surface area contributed by atoms with Gasteiger partial charge in [0.15, 0.2) is 0 Å². The van der Waals surface area contributed by atoms with Crippen LogP contribution in [0, 0.1) is 0 Å². The van der Waals surface area contributed by atoms with E-state index in [4.69, 9.17) is 5.11 Å². The number of carboxylic acids is 1. The van der Waals surface area contributed by atoms with Crippen LogP contribution in [0.3, 0.4) is 0 Å². The summed E-state index contributed by atoms with van der Waals surface area (Å²) in [7, 11) is 0. The minimum absolute atomic E-state index is 0.0118. The highest BCUT2D eigenvalue weighted by Crippen LogP contribution is 2.03. The number of carbonyl (C=O) groups is 2. The van der Waals surface area contributed by atoms with Crippen LogP contribution in [0.1, 0.15) is 26.7 Å². The van der Waals surface area contributed by atoms with E-state index in [1.54, 1.807) is 4.90 Å². The molecule has 0 aromatic heterocycles. The van der Waals surface area contributed by atoms with Crippen LogP contribution >= 0.6 is 0 Å². The highest BCUT2D eigenvalue weighted by Gasteiger charge is 2.21. The zero-order valence-corrected chi connectivity index (χ0v) is 11.2. The molecule has 1 atom stereocenters. The normalized spacial score (nSPS) is 18.4. The number of urea groups is 1. The van der Waals surface area contributed by atoms with Crippen molar-refractivity contribution in [2.24, 2.45) is 0 Å². The zero-order valence-electron chi connectivity index (χ0n) is 11.2. The molecule has 1 unspecified atom stereocenters. The molecule has 6 heteroatoms. The maximum absolute atomic E-state index is 11.8. The molecule has 0 aromatic carbocycles. The fourth-order valence-electron chi connectivity index (χ4n) is 1.83. The largest absolute Gasteiger partial charge is 0.481 e. The molecule has 1 saturated heterocycles. The van der Waals surface area contributed by atoms with Crippen LogP contribution in [-0.2, 0) is 4.79 Å². The molecule has 2 amide bonds. The molecule has 0 saturated carbocycles. The molecule has 104 valence electrons. The minimum atomic E-state index is -0.771. The first-order chi connectivity index (χ1) is 8.52. The van der Waals surface area contributed by atoms with Gasteiger partial charge in [-0.3, -0.25) is 9.69 Å². The highest BCUT2D eigenvalue weighted by atomic mass is 16.4. The van der Waals surface area contributed by atoms with E-state index < -0.39 is 5.97 Å². The standard InChI is InChI=1S/C12H23N3O3/c1-3-10(2)13-12(18)15-8-6-14(7-9-15)5-4-11(16)17/h10H,3-9H2,1-2H3,(H,13,18)(H,16,17). The number of nitrogens with one attached hydrogen (secondary N) is 1.